The maximum absolute atomic E-state index is 10.5. The van der Waals surface area contributed by atoms with Crippen LogP contribution in [0, 0.1) is 0 Å². The third kappa shape index (κ3) is 3.88. The molecule has 0 aliphatic rings. The van der Waals surface area contributed by atoms with E-state index in [1.165, 1.54) is 11.1 Å². The molecule has 3 aromatic rings. The van der Waals surface area contributed by atoms with Crippen LogP contribution in [0.4, 0.5) is 0 Å². The number of nitrogens with zero attached hydrogens (tertiary/aromatic N) is 2. The lowest BCUT2D eigenvalue weighted by Crippen LogP contribution is -2.13. The van der Waals surface area contributed by atoms with Gasteiger partial charge in [0.15, 0.2) is 0 Å². The second-order valence-electron chi connectivity index (χ2n) is 5.92. The summed E-state index contributed by atoms with van der Waals surface area (Å²) in [6, 6.07) is 18.8. The van der Waals surface area contributed by atoms with E-state index in [1.54, 1.807) is 12.5 Å². The molecule has 2 atom stereocenters. The number of rotatable bonds is 6. The van der Waals surface area contributed by atoms with E-state index in [0.29, 0.717) is 0 Å². The lowest BCUT2D eigenvalue weighted by atomic mass is 9.99. The molecule has 2 aromatic carbocycles. The molecule has 0 saturated heterocycles. The van der Waals surface area contributed by atoms with E-state index in [2.05, 4.69) is 41.4 Å². The molecule has 0 unspecified atom stereocenters. The molecule has 0 spiro atoms. The Morgan fingerprint density at radius 2 is 1.61 bits per heavy atom. The van der Waals surface area contributed by atoms with Crippen LogP contribution in [0.2, 0.25) is 0 Å². The summed E-state index contributed by atoms with van der Waals surface area (Å²) in [6.45, 7) is 2.00. The molecule has 118 valence electrons. The Labute approximate surface area is 137 Å². The predicted octanol–water partition coefficient (Wildman–Crippen LogP) is 3.96. The van der Waals surface area contributed by atoms with Crippen molar-refractivity contribution in [3.8, 4) is 0 Å². The van der Waals surface area contributed by atoms with Crippen molar-refractivity contribution < 1.29 is 5.11 Å². The number of aliphatic hydroxyl groups is 1. The lowest BCUT2D eigenvalue weighted by molar-refractivity contribution is 0.122. The minimum absolute atomic E-state index is 0.0346. The van der Waals surface area contributed by atoms with Crippen LogP contribution in [0.25, 0.3) is 0 Å². The van der Waals surface area contributed by atoms with Gasteiger partial charge in [-0.15, -0.1) is 0 Å². The van der Waals surface area contributed by atoms with E-state index in [-0.39, 0.29) is 6.04 Å². The van der Waals surface area contributed by atoms with Crippen molar-refractivity contribution in [2.45, 2.75) is 31.9 Å². The Morgan fingerprint density at radius 1 is 0.957 bits per heavy atom. The fourth-order valence-corrected chi connectivity index (χ4v) is 2.77. The van der Waals surface area contributed by atoms with Gasteiger partial charge in [-0.25, -0.2) is 4.98 Å². The Hall–Kier alpha value is -2.39. The van der Waals surface area contributed by atoms with Crippen LogP contribution >= 0.6 is 0 Å². The average molecular weight is 306 g/mol. The molecule has 0 aliphatic carbocycles. The minimum Gasteiger partial charge on any atom is -0.386 e. The number of aromatic nitrogens is 2. The van der Waals surface area contributed by atoms with Crippen LogP contribution in [0.5, 0.6) is 0 Å². The molecule has 1 heterocycles. The van der Waals surface area contributed by atoms with Gasteiger partial charge in [0, 0.05) is 12.4 Å². The first kappa shape index (κ1) is 15.5. The SMILES string of the molecule is C[C@H]([C@@H](O)c1ccc(CCc2ccccc2)cc1)n1ccnc1. The fourth-order valence-electron chi connectivity index (χ4n) is 2.77. The predicted molar refractivity (Wildman–Crippen MR) is 92.2 cm³/mol. The van der Waals surface area contributed by atoms with Crippen molar-refractivity contribution in [3.63, 3.8) is 0 Å². The van der Waals surface area contributed by atoms with Gasteiger partial charge in [0.05, 0.1) is 18.5 Å². The molecular weight excluding hydrogens is 284 g/mol. The molecule has 23 heavy (non-hydrogen) atoms. The molecule has 0 radical (unpaired) electrons. The summed E-state index contributed by atoms with van der Waals surface area (Å²) in [4.78, 5) is 4.04. The van der Waals surface area contributed by atoms with Crippen LogP contribution in [0.1, 0.15) is 35.8 Å². The van der Waals surface area contributed by atoms with E-state index < -0.39 is 6.10 Å². The minimum atomic E-state index is -0.535. The van der Waals surface area contributed by atoms with E-state index in [4.69, 9.17) is 0 Å². The zero-order chi connectivity index (χ0) is 16.1. The topological polar surface area (TPSA) is 38.0 Å². The Balaban J connectivity index is 1.62. The smallest absolute Gasteiger partial charge is 0.0994 e. The van der Waals surface area contributed by atoms with Gasteiger partial charge in [0.25, 0.3) is 0 Å². The van der Waals surface area contributed by atoms with Crippen molar-refractivity contribution in [1.82, 2.24) is 9.55 Å². The number of imidazole rings is 1. The molecule has 0 fully saturated rings. The Kier molecular flexibility index (Phi) is 4.89. The summed E-state index contributed by atoms with van der Waals surface area (Å²) in [5.41, 5.74) is 3.58. The first-order chi connectivity index (χ1) is 11.2. The van der Waals surface area contributed by atoms with E-state index in [0.717, 1.165) is 18.4 Å². The molecule has 1 aromatic heterocycles. The molecule has 1 N–H and O–H groups in total. The zero-order valence-corrected chi connectivity index (χ0v) is 13.3. The summed E-state index contributed by atoms with van der Waals surface area (Å²) in [7, 11) is 0. The van der Waals surface area contributed by atoms with Crippen LogP contribution in [-0.4, -0.2) is 14.7 Å². The quantitative estimate of drug-likeness (QED) is 0.748. The maximum atomic E-state index is 10.5. The third-order valence-corrected chi connectivity index (χ3v) is 4.32. The molecule has 0 aliphatic heterocycles. The summed E-state index contributed by atoms with van der Waals surface area (Å²) in [6.07, 6.45) is 6.86. The van der Waals surface area contributed by atoms with Gasteiger partial charge >= 0.3 is 0 Å². The Morgan fingerprint density at radius 3 is 2.22 bits per heavy atom. The van der Waals surface area contributed by atoms with Crippen molar-refractivity contribution in [3.05, 3.63) is 90.0 Å². The monoisotopic (exact) mass is 306 g/mol. The summed E-state index contributed by atoms with van der Waals surface area (Å²) in [5.74, 6) is 0. The highest BCUT2D eigenvalue weighted by atomic mass is 16.3. The first-order valence-corrected chi connectivity index (χ1v) is 8.02. The standard InChI is InChI=1S/C20H22N2O/c1-16(22-14-13-21-15-22)20(23)19-11-9-18(10-12-19)8-7-17-5-3-2-4-6-17/h2-6,9-16,20,23H,7-8H2,1H3/t16-,20-/m1/s1. The highest BCUT2D eigenvalue weighted by Crippen LogP contribution is 2.26. The number of benzene rings is 2. The average Bonchev–Trinajstić information content (AvgIpc) is 3.15. The third-order valence-electron chi connectivity index (χ3n) is 4.32. The van der Waals surface area contributed by atoms with Gasteiger partial charge in [-0.1, -0.05) is 54.6 Å². The number of hydrogen-bond donors (Lipinski definition) is 1. The summed E-state index contributed by atoms with van der Waals surface area (Å²) in [5, 5.41) is 10.5. The van der Waals surface area contributed by atoms with Crippen molar-refractivity contribution in [1.29, 1.82) is 0 Å². The van der Waals surface area contributed by atoms with Crippen LogP contribution < -0.4 is 0 Å². The summed E-state index contributed by atoms with van der Waals surface area (Å²) < 4.78 is 1.92. The maximum Gasteiger partial charge on any atom is 0.0994 e. The highest BCUT2D eigenvalue weighted by molar-refractivity contribution is 5.26. The molecule has 3 heteroatoms. The number of hydrogen-bond acceptors (Lipinski definition) is 2. The van der Waals surface area contributed by atoms with E-state index in [1.807, 2.05) is 35.9 Å². The van der Waals surface area contributed by atoms with Crippen molar-refractivity contribution >= 4 is 0 Å². The van der Waals surface area contributed by atoms with Gasteiger partial charge in [0.1, 0.15) is 0 Å². The normalized spacial score (nSPS) is 13.7. The van der Waals surface area contributed by atoms with Crippen LogP contribution in [0.3, 0.4) is 0 Å². The molecule has 3 rings (SSSR count). The van der Waals surface area contributed by atoms with Gasteiger partial charge in [-0.05, 0) is 36.5 Å². The first-order valence-electron chi connectivity index (χ1n) is 8.02. The van der Waals surface area contributed by atoms with Gasteiger partial charge in [0.2, 0.25) is 0 Å². The number of aryl methyl sites for hydroxylation is 2. The molecule has 0 saturated carbocycles. The van der Waals surface area contributed by atoms with Gasteiger partial charge in [-0.3, -0.25) is 0 Å². The largest absolute Gasteiger partial charge is 0.386 e. The second kappa shape index (κ2) is 7.25. The number of aliphatic hydroxyl groups excluding tert-OH is 1. The van der Waals surface area contributed by atoms with Crippen molar-refractivity contribution in [2.75, 3.05) is 0 Å². The molecule has 0 amide bonds. The fraction of sp³-hybridized carbons (Fsp3) is 0.250. The van der Waals surface area contributed by atoms with Crippen molar-refractivity contribution in [2.24, 2.45) is 0 Å². The Bertz CT molecular complexity index is 705. The lowest BCUT2D eigenvalue weighted by Gasteiger charge is -2.20. The van der Waals surface area contributed by atoms with E-state index >= 15 is 0 Å². The molecular formula is C20H22N2O. The molecule has 0 bridgehead atoms. The summed E-state index contributed by atoms with van der Waals surface area (Å²) >= 11 is 0. The highest BCUT2D eigenvalue weighted by Gasteiger charge is 2.17. The second-order valence-corrected chi connectivity index (χ2v) is 5.92. The molecule has 3 nitrogen and oxygen atoms in total. The van der Waals surface area contributed by atoms with Crippen LogP contribution in [0.15, 0.2) is 73.3 Å². The van der Waals surface area contributed by atoms with Crippen LogP contribution in [-0.2, 0) is 12.8 Å². The van der Waals surface area contributed by atoms with Gasteiger partial charge in [-0.2, -0.15) is 0 Å². The van der Waals surface area contributed by atoms with Gasteiger partial charge < -0.3 is 9.67 Å². The van der Waals surface area contributed by atoms with E-state index in [9.17, 15) is 5.11 Å². The zero-order valence-electron chi connectivity index (χ0n) is 13.3.